The number of carboxylic acid groups (broad SMARTS) is 2. The third-order valence-corrected chi connectivity index (χ3v) is 5.98. The summed E-state index contributed by atoms with van der Waals surface area (Å²) in [4.78, 5) is 23.2. The molecule has 0 spiro atoms. The van der Waals surface area contributed by atoms with E-state index in [4.69, 9.17) is 19.8 Å². The van der Waals surface area contributed by atoms with Gasteiger partial charge in [-0.25, -0.2) is 14.0 Å². The minimum absolute atomic E-state index is 0.185. The summed E-state index contributed by atoms with van der Waals surface area (Å²) >= 11 is 0. The first-order valence-electron chi connectivity index (χ1n) is 12.0. The standard InChI is InChI=1S/C26H30FN3.C2H2O4/c27-22-12-14-23(15-13-22)28-24-16-20-29(21-17-24)18-7-19-30(25-8-3-1-4-9-25)26-10-5-2-6-11-26;3-1(4)2(5)6/h1-6,8-15,24,28H,7,16-21H2;(H,3,4)(H,5,6). The average molecular weight is 494 g/mol. The molecule has 1 aliphatic heterocycles. The summed E-state index contributed by atoms with van der Waals surface area (Å²) in [5.41, 5.74) is 3.49. The molecule has 1 heterocycles. The van der Waals surface area contributed by atoms with Gasteiger partial charge in [0.25, 0.3) is 0 Å². The Balaban J connectivity index is 0.000000538. The van der Waals surface area contributed by atoms with Crippen LogP contribution in [0.4, 0.5) is 21.5 Å². The van der Waals surface area contributed by atoms with E-state index in [1.165, 1.54) is 23.5 Å². The number of hydrogen-bond donors (Lipinski definition) is 3. The van der Waals surface area contributed by atoms with Crippen molar-refractivity contribution in [2.45, 2.75) is 25.3 Å². The van der Waals surface area contributed by atoms with Crippen LogP contribution in [0.5, 0.6) is 0 Å². The van der Waals surface area contributed by atoms with Gasteiger partial charge in [-0.3, -0.25) is 0 Å². The van der Waals surface area contributed by atoms with Crippen LogP contribution in [0.25, 0.3) is 0 Å². The Labute approximate surface area is 210 Å². The molecule has 0 unspecified atom stereocenters. The van der Waals surface area contributed by atoms with E-state index >= 15 is 0 Å². The van der Waals surface area contributed by atoms with Crippen LogP contribution in [-0.2, 0) is 9.59 Å². The lowest BCUT2D eigenvalue weighted by Gasteiger charge is -2.33. The number of likely N-dealkylation sites (tertiary alicyclic amines) is 1. The van der Waals surface area contributed by atoms with Crippen molar-refractivity contribution >= 4 is 29.0 Å². The van der Waals surface area contributed by atoms with Crippen LogP contribution in [-0.4, -0.2) is 59.3 Å². The molecule has 3 N–H and O–H groups in total. The molecule has 0 aromatic heterocycles. The Bertz CT molecular complexity index is 1020. The molecule has 1 saturated heterocycles. The second kappa shape index (κ2) is 13.8. The molecule has 3 aromatic carbocycles. The highest BCUT2D eigenvalue weighted by Crippen LogP contribution is 2.25. The van der Waals surface area contributed by atoms with Gasteiger partial charge in [-0.2, -0.15) is 0 Å². The second-order valence-corrected chi connectivity index (χ2v) is 8.55. The van der Waals surface area contributed by atoms with Crippen molar-refractivity contribution < 1.29 is 24.2 Å². The number of nitrogens with one attached hydrogen (secondary N) is 1. The quantitative estimate of drug-likeness (QED) is 0.377. The van der Waals surface area contributed by atoms with Gasteiger partial charge >= 0.3 is 11.9 Å². The van der Waals surface area contributed by atoms with Gasteiger partial charge in [-0.1, -0.05) is 36.4 Å². The fraction of sp³-hybridized carbons (Fsp3) is 0.286. The number of nitrogens with zero attached hydrogens (tertiary/aromatic N) is 2. The summed E-state index contributed by atoms with van der Waals surface area (Å²) < 4.78 is 13.1. The first-order valence-corrected chi connectivity index (χ1v) is 12.0. The summed E-state index contributed by atoms with van der Waals surface area (Å²) in [5, 5.41) is 18.3. The Kier molecular flexibility index (Phi) is 10.3. The molecule has 1 fully saturated rings. The predicted octanol–water partition coefficient (Wildman–Crippen LogP) is 5.09. The largest absolute Gasteiger partial charge is 0.473 e. The molecule has 190 valence electrons. The number of aliphatic carboxylic acids is 2. The minimum Gasteiger partial charge on any atom is -0.473 e. The van der Waals surface area contributed by atoms with Crippen molar-refractivity contribution in [2.24, 2.45) is 0 Å². The van der Waals surface area contributed by atoms with E-state index in [9.17, 15) is 4.39 Å². The average Bonchev–Trinajstić information content (AvgIpc) is 2.90. The molecule has 8 heteroatoms. The van der Waals surface area contributed by atoms with E-state index in [0.717, 1.165) is 51.1 Å². The van der Waals surface area contributed by atoms with Crippen LogP contribution in [0, 0.1) is 5.82 Å². The summed E-state index contributed by atoms with van der Waals surface area (Å²) in [7, 11) is 0. The van der Waals surface area contributed by atoms with Crippen LogP contribution in [0.3, 0.4) is 0 Å². The van der Waals surface area contributed by atoms with Gasteiger partial charge in [0, 0.05) is 42.7 Å². The fourth-order valence-electron chi connectivity index (χ4n) is 4.16. The highest BCUT2D eigenvalue weighted by molar-refractivity contribution is 6.27. The van der Waals surface area contributed by atoms with Gasteiger partial charge in [0.05, 0.1) is 0 Å². The number of halogens is 1. The van der Waals surface area contributed by atoms with E-state index in [-0.39, 0.29) is 5.82 Å². The molecule has 0 atom stereocenters. The molecule has 0 radical (unpaired) electrons. The van der Waals surface area contributed by atoms with Crippen LogP contribution >= 0.6 is 0 Å². The summed E-state index contributed by atoms with van der Waals surface area (Å²) in [5.74, 6) is -3.83. The number of anilines is 3. The van der Waals surface area contributed by atoms with Crippen LogP contribution in [0.1, 0.15) is 19.3 Å². The summed E-state index contributed by atoms with van der Waals surface area (Å²) in [6.07, 6.45) is 3.37. The normalized spacial score (nSPS) is 13.8. The number of benzene rings is 3. The molecule has 7 nitrogen and oxygen atoms in total. The van der Waals surface area contributed by atoms with E-state index in [1.54, 1.807) is 0 Å². The number of rotatable bonds is 8. The van der Waals surface area contributed by atoms with Crippen LogP contribution < -0.4 is 10.2 Å². The lowest BCUT2D eigenvalue weighted by Crippen LogP contribution is -2.40. The highest BCUT2D eigenvalue weighted by atomic mass is 19.1. The number of carboxylic acids is 2. The topological polar surface area (TPSA) is 93.1 Å². The smallest absolute Gasteiger partial charge is 0.414 e. The molecule has 0 bridgehead atoms. The Morgan fingerprint density at radius 1 is 0.833 bits per heavy atom. The minimum atomic E-state index is -1.82. The van der Waals surface area contributed by atoms with Crippen molar-refractivity contribution in [3.8, 4) is 0 Å². The van der Waals surface area contributed by atoms with Gasteiger partial charge in [-0.15, -0.1) is 0 Å². The maximum atomic E-state index is 13.1. The van der Waals surface area contributed by atoms with Crippen LogP contribution in [0.2, 0.25) is 0 Å². The molecule has 4 rings (SSSR count). The highest BCUT2D eigenvalue weighted by Gasteiger charge is 2.19. The molecule has 0 aliphatic carbocycles. The lowest BCUT2D eigenvalue weighted by atomic mass is 10.0. The monoisotopic (exact) mass is 493 g/mol. The first-order chi connectivity index (χ1) is 17.4. The maximum absolute atomic E-state index is 13.1. The Hall–Kier alpha value is -3.91. The SMILES string of the molecule is Fc1ccc(NC2CCN(CCCN(c3ccccc3)c3ccccc3)CC2)cc1.O=C(O)C(=O)O. The number of piperidine rings is 1. The van der Waals surface area contributed by atoms with E-state index < -0.39 is 11.9 Å². The van der Waals surface area contributed by atoms with E-state index in [1.807, 2.05) is 12.1 Å². The van der Waals surface area contributed by atoms with Crippen molar-refractivity contribution in [3.05, 3.63) is 90.7 Å². The molecular weight excluding hydrogens is 461 g/mol. The van der Waals surface area contributed by atoms with Crippen molar-refractivity contribution in [1.29, 1.82) is 0 Å². The zero-order valence-electron chi connectivity index (χ0n) is 20.1. The van der Waals surface area contributed by atoms with Gasteiger partial charge in [0.1, 0.15) is 5.82 Å². The summed E-state index contributed by atoms with van der Waals surface area (Å²) in [6.45, 7) is 4.33. The molecule has 1 aliphatic rings. The Morgan fingerprint density at radius 2 is 1.33 bits per heavy atom. The first kappa shape index (κ1) is 26.7. The van der Waals surface area contributed by atoms with E-state index in [0.29, 0.717) is 6.04 Å². The Morgan fingerprint density at radius 3 is 1.81 bits per heavy atom. The molecule has 0 amide bonds. The van der Waals surface area contributed by atoms with E-state index in [2.05, 4.69) is 75.8 Å². The van der Waals surface area contributed by atoms with Gasteiger partial charge in [0.2, 0.25) is 0 Å². The molecular formula is C28H32FN3O4. The van der Waals surface area contributed by atoms with Gasteiger partial charge in [-0.05, 0) is 74.3 Å². The second-order valence-electron chi connectivity index (χ2n) is 8.55. The molecule has 3 aromatic rings. The fourth-order valence-corrected chi connectivity index (χ4v) is 4.16. The van der Waals surface area contributed by atoms with Crippen molar-refractivity contribution in [3.63, 3.8) is 0 Å². The summed E-state index contributed by atoms with van der Waals surface area (Å²) in [6, 6.07) is 28.4. The predicted molar refractivity (Wildman–Crippen MR) is 139 cm³/mol. The number of hydrogen-bond acceptors (Lipinski definition) is 5. The van der Waals surface area contributed by atoms with Gasteiger partial charge < -0.3 is 25.3 Å². The maximum Gasteiger partial charge on any atom is 0.414 e. The zero-order chi connectivity index (χ0) is 25.8. The van der Waals surface area contributed by atoms with Gasteiger partial charge in [0.15, 0.2) is 0 Å². The van der Waals surface area contributed by atoms with Crippen molar-refractivity contribution in [1.82, 2.24) is 4.90 Å². The molecule has 0 saturated carbocycles. The number of para-hydroxylation sites is 2. The number of carbonyl (C=O) groups is 2. The lowest BCUT2D eigenvalue weighted by molar-refractivity contribution is -0.159. The van der Waals surface area contributed by atoms with Crippen LogP contribution in [0.15, 0.2) is 84.9 Å². The molecule has 36 heavy (non-hydrogen) atoms. The zero-order valence-corrected chi connectivity index (χ0v) is 20.1. The third-order valence-electron chi connectivity index (χ3n) is 5.98. The van der Waals surface area contributed by atoms with Crippen molar-refractivity contribution in [2.75, 3.05) is 36.4 Å². The third kappa shape index (κ3) is 8.70.